The Morgan fingerprint density at radius 2 is 1.96 bits per heavy atom. The summed E-state index contributed by atoms with van der Waals surface area (Å²) in [5, 5.41) is 21.4. The van der Waals surface area contributed by atoms with E-state index in [4.69, 9.17) is 4.52 Å². The number of fused-ring (bicyclic) bond motifs is 1. The topological polar surface area (TPSA) is 110 Å². The van der Waals surface area contributed by atoms with Gasteiger partial charge >= 0.3 is 0 Å². The summed E-state index contributed by atoms with van der Waals surface area (Å²) < 4.78 is 5.20. The molecule has 0 spiro atoms. The molecule has 4 aromatic rings. The van der Waals surface area contributed by atoms with Gasteiger partial charge in [0.2, 0.25) is 11.7 Å². The van der Waals surface area contributed by atoms with Crippen LogP contribution in [0.15, 0.2) is 53.1 Å². The summed E-state index contributed by atoms with van der Waals surface area (Å²) in [5.41, 5.74) is 2.78. The van der Waals surface area contributed by atoms with Crippen molar-refractivity contribution in [2.75, 3.05) is 5.32 Å². The molecule has 0 aliphatic heterocycles. The van der Waals surface area contributed by atoms with Gasteiger partial charge in [0.15, 0.2) is 5.58 Å². The van der Waals surface area contributed by atoms with Crippen LogP contribution >= 0.6 is 0 Å². The van der Waals surface area contributed by atoms with Crippen LogP contribution in [0.2, 0.25) is 0 Å². The minimum atomic E-state index is -0.165. The fourth-order valence-corrected chi connectivity index (χ4v) is 2.41. The van der Waals surface area contributed by atoms with Crippen LogP contribution in [-0.2, 0) is 11.2 Å². The second-order valence-corrected chi connectivity index (χ2v) is 5.16. The molecule has 0 atom stereocenters. The van der Waals surface area contributed by atoms with Gasteiger partial charge in [0.05, 0.1) is 6.42 Å². The molecule has 8 heteroatoms. The third-order valence-electron chi connectivity index (χ3n) is 3.55. The van der Waals surface area contributed by atoms with Crippen molar-refractivity contribution in [3.05, 3.63) is 54.2 Å². The van der Waals surface area contributed by atoms with Gasteiger partial charge in [-0.1, -0.05) is 17.3 Å². The van der Waals surface area contributed by atoms with Crippen LogP contribution < -0.4 is 5.32 Å². The predicted octanol–water partition coefficient (Wildman–Crippen LogP) is 2.19. The molecule has 2 N–H and O–H groups in total. The Labute approximate surface area is 135 Å². The molecule has 0 saturated carbocycles. The highest BCUT2D eigenvalue weighted by Crippen LogP contribution is 2.20. The van der Waals surface area contributed by atoms with E-state index in [2.05, 4.69) is 31.1 Å². The molecule has 4 rings (SSSR count). The van der Waals surface area contributed by atoms with Crippen molar-refractivity contribution in [2.45, 2.75) is 6.42 Å². The molecule has 0 aliphatic carbocycles. The van der Waals surface area contributed by atoms with Gasteiger partial charge < -0.3 is 9.84 Å². The minimum Gasteiger partial charge on any atom is -0.356 e. The number of rotatable bonds is 4. The van der Waals surface area contributed by atoms with Crippen LogP contribution in [0.1, 0.15) is 5.69 Å². The van der Waals surface area contributed by atoms with Gasteiger partial charge in [0.1, 0.15) is 5.69 Å². The fourth-order valence-electron chi connectivity index (χ4n) is 2.41. The van der Waals surface area contributed by atoms with E-state index in [-0.39, 0.29) is 12.3 Å². The monoisotopic (exact) mass is 320 g/mol. The van der Waals surface area contributed by atoms with Crippen molar-refractivity contribution in [3.8, 4) is 11.4 Å². The third-order valence-corrected chi connectivity index (χ3v) is 3.55. The van der Waals surface area contributed by atoms with Crippen molar-refractivity contribution in [3.63, 3.8) is 0 Å². The molecule has 2 heterocycles. The first-order chi connectivity index (χ1) is 11.8. The van der Waals surface area contributed by atoms with Gasteiger partial charge in [0.25, 0.3) is 0 Å². The molecule has 1 amide bonds. The van der Waals surface area contributed by atoms with Crippen molar-refractivity contribution >= 4 is 22.6 Å². The van der Waals surface area contributed by atoms with Gasteiger partial charge in [-0.05, 0) is 41.6 Å². The Morgan fingerprint density at radius 1 is 1.12 bits per heavy atom. The number of carbonyl (C=O) groups is 1. The Kier molecular flexibility index (Phi) is 3.47. The molecule has 24 heavy (non-hydrogen) atoms. The van der Waals surface area contributed by atoms with Crippen LogP contribution in [0.25, 0.3) is 22.4 Å². The lowest BCUT2D eigenvalue weighted by molar-refractivity contribution is -0.115. The highest BCUT2D eigenvalue weighted by Gasteiger charge is 2.12. The molecule has 0 saturated heterocycles. The molecule has 0 fully saturated rings. The van der Waals surface area contributed by atoms with Crippen molar-refractivity contribution in [1.29, 1.82) is 0 Å². The van der Waals surface area contributed by atoms with Crippen LogP contribution in [0, 0.1) is 0 Å². The van der Waals surface area contributed by atoms with Gasteiger partial charge in [-0.3, -0.25) is 4.79 Å². The maximum Gasteiger partial charge on any atom is 0.230 e. The Hall–Kier alpha value is -3.55. The SMILES string of the molecule is O=C(Cc1noc2ccccc12)Nc1ccc(-c2nn[nH]n2)cc1. The number of amides is 1. The molecule has 2 aromatic carbocycles. The number of hydrogen-bond donors (Lipinski definition) is 2. The summed E-state index contributed by atoms with van der Waals surface area (Å²) in [6.45, 7) is 0. The zero-order chi connectivity index (χ0) is 16.4. The third kappa shape index (κ3) is 2.72. The van der Waals surface area contributed by atoms with Crippen LogP contribution in [0.5, 0.6) is 0 Å². The molecule has 118 valence electrons. The predicted molar refractivity (Wildman–Crippen MR) is 86.0 cm³/mol. The molecule has 0 aliphatic rings. The van der Waals surface area contributed by atoms with Gasteiger partial charge in [-0.25, -0.2) is 0 Å². The van der Waals surface area contributed by atoms with E-state index in [1.165, 1.54) is 0 Å². The van der Waals surface area contributed by atoms with E-state index < -0.39 is 0 Å². The average molecular weight is 320 g/mol. The molecule has 8 nitrogen and oxygen atoms in total. The maximum absolute atomic E-state index is 12.2. The smallest absolute Gasteiger partial charge is 0.230 e. The average Bonchev–Trinajstić information content (AvgIpc) is 3.26. The molecule has 2 aromatic heterocycles. The lowest BCUT2D eigenvalue weighted by Crippen LogP contribution is -2.14. The number of aromatic nitrogens is 5. The van der Waals surface area contributed by atoms with E-state index >= 15 is 0 Å². The van der Waals surface area contributed by atoms with Crippen molar-refractivity contribution in [1.82, 2.24) is 25.8 Å². The minimum absolute atomic E-state index is 0.142. The zero-order valence-corrected chi connectivity index (χ0v) is 12.4. The van der Waals surface area contributed by atoms with Crippen molar-refractivity contribution in [2.24, 2.45) is 0 Å². The van der Waals surface area contributed by atoms with E-state index in [0.717, 1.165) is 10.9 Å². The summed E-state index contributed by atoms with van der Waals surface area (Å²) in [6, 6.07) is 14.6. The molecule has 0 bridgehead atoms. The van der Waals surface area contributed by atoms with Crippen LogP contribution in [0.4, 0.5) is 5.69 Å². The van der Waals surface area contributed by atoms with E-state index in [9.17, 15) is 4.79 Å². The number of benzene rings is 2. The number of anilines is 1. The summed E-state index contributed by atoms with van der Waals surface area (Å²) in [7, 11) is 0. The maximum atomic E-state index is 12.2. The summed E-state index contributed by atoms with van der Waals surface area (Å²) in [5.74, 6) is 0.336. The van der Waals surface area contributed by atoms with Crippen LogP contribution in [-0.4, -0.2) is 31.7 Å². The number of para-hydroxylation sites is 1. The van der Waals surface area contributed by atoms with E-state index in [1.807, 2.05) is 36.4 Å². The number of nitrogens with one attached hydrogen (secondary N) is 2. The molecule has 0 unspecified atom stereocenters. The molecule has 0 radical (unpaired) electrons. The fraction of sp³-hybridized carbons (Fsp3) is 0.0625. The second kappa shape index (κ2) is 5.92. The normalized spacial score (nSPS) is 10.8. The zero-order valence-electron chi connectivity index (χ0n) is 12.4. The van der Waals surface area contributed by atoms with E-state index in [0.29, 0.717) is 22.8 Å². The van der Waals surface area contributed by atoms with Crippen molar-refractivity contribution < 1.29 is 9.32 Å². The number of hydrogen-bond acceptors (Lipinski definition) is 6. The summed E-state index contributed by atoms with van der Waals surface area (Å²) in [6.07, 6.45) is 0.142. The van der Waals surface area contributed by atoms with Crippen LogP contribution in [0.3, 0.4) is 0 Å². The standard InChI is InChI=1S/C16H12N6O2/c23-15(9-13-12-3-1-2-4-14(12)24-20-13)17-11-7-5-10(6-8-11)16-18-21-22-19-16/h1-8H,9H2,(H,17,23)(H,18,19,21,22). The van der Waals surface area contributed by atoms with Gasteiger partial charge in [-0.15, -0.1) is 10.2 Å². The second-order valence-electron chi connectivity index (χ2n) is 5.16. The molecular weight excluding hydrogens is 308 g/mol. The van der Waals surface area contributed by atoms with Gasteiger partial charge in [-0.2, -0.15) is 5.21 Å². The molecular formula is C16H12N6O2. The number of carbonyl (C=O) groups excluding carboxylic acids is 1. The van der Waals surface area contributed by atoms with Gasteiger partial charge in [0, 0.05) is 16.6 Å². The largest absolute Gasteiger partial charge is 0.356 e. The highest BCUT2D eigenvalue weighted by atomic mass is 16.5. The first-order valence-corrected chi connectivity index (χ1v) is 7.26. The lowest BCUT2D eigenvalue weighted by Gasteiger charge is -2.04. The first-order valence-electron chi connectivity index (χ1n) is 7.26. The Morgan fingerprint density at radius 3 is 2.75 bits per heavy atom. The lowest BCUT2D eigenvalue weighted by atomic mass is 10.1. The Bertz CT molecular complexity index is 975. The number of nitrogens with zero attached hydrogens (tertiary/aromatic N) is 4. The highest BCUT2D eigenvalue weighted by molar-refractivity contribution is 5.94. The Balaban J connectivity index is 1.46. The summed E-state index contributed by atoms with van der Waals surface area (Å²) in [4.78, 5) is 12.2. The number of tetrazole rings is 1. The quantitative estimate of drug-likeness (QED) is 0.596. The number of aromatic amines is 1. The van der Waals surface area contributed by atoms with E-state index in [1.54, 1.807) is 12.1 Å². The first kappa shape index (κ1) is 14.1. The summed E-state index contributed by atoms with van der Waals surface area (Å²) >= 11 is 0. The number of H-pyrrole nitrogens is 1.